The molecule has 114 valence electrons. The molecule has 5 heteroatoms. The van der Waals surface area contributed by atoms with E-state index in [2.05, 4.69) is 15.3 Å². The number of anilines is 1. The normalized spacial score (nSPS) is 10.3. The van der Waals surface area contributed by atoms with Gasteiger partial charge in [0.1, 0.15) is 0 Å². The van der Waals surface area contributed by atoms with Gasteiger partial charge in [-0.15, -0.1) is 0 Å². The van der Waals surface area contributed by atoms with Crippen LogP contribution in [0.1, 0.15) is 21.5 Å². The first-order valence-electron chi connectivity index (χ1n) is 7.11. The van der Waals surface area contributed by atoms with Gasteiger partial charge in [-0.1, -0.05) is 12.1 Å². The van der Waals surface area contributed by atoms with Gasteiger partial charge in [0, 0.05) is 24.3 Å². The fourth-order valence-electron chi connectivity index (χ4n) is 2.20. The van der Waals surface area contributed by atoms with Gasteiger partial charge in [-0.2, -0.15) is 0 Å². The number of carbonyl (C=O) groups is 1. The minimum absolute atomic E-state index is 0.0270. The second kappa shape index (κ2) is 6.79. The summed E-state index contributed by atoms with van der Waals surface area (Å²) in [5.74, 6) is -1.13. The van der Waals surface area contributed by atoms with E-state index in [1.807, 2.05) is 24.3 Å². The topological polar surface area (TPSA) is 54.9 Å². The van der Waals surface area contributed by atoms with Crippen LogP contribution >= 0.6 is 0 Å². The molecule has 0 spiro atoms. The van der Waals surface area contributed by atoms with Crippen LogP contribution in [-0.4, -0.2) is 15.9 Å². The Balaban J connectivity index is 1.68. The highest BCUT2D eigenvalue weighted by Gasteiger charge is 2.11. The van der Waals surface area contributed by atoms with Gasteiger partial charge in [-0.25, -0.2) is 4.39 Å². The van der Waals surface area contributed by atoms with Gasteiger partial charge >= 0.3 is 0 Å². The first-order valence-corrected chi connectivity index (χ1v) is 7.11. The lowest BCUT2D eigenvalue weighted by atomic mass is 10.1. The van der Waals surface area contributed by atoms with E-state index in [0.717, 1.165) is 23.7 Å². The largest absolute Gasteiger partial charge is 0.322 e. The molecule has 1 N–H and O–H groups in total. The van der Waals surface area contributed by atoms with E-state index in [1.165, 1.54) is 12.3 Å². The number of nitrogens with one attached hydrogen (secondary N) is 1. The number of halogens is 1. The summed E-state index contributed by atoms with van der Waals surface area (Å²) in [5.41, 5.74) is 2.87. The molecule has 0 aliphatic rings. The van der Waals surface area contributed by atoms with E-state index in [0.29, 0.717) is 5.69 Å². The summed E-state index contributed by atoms with van der Waals surface area (Å²) >= 11 is 0. The fraction of sp³-hybridized carbons (Fsp3) is 0.0556. The fourth-order valence-corrected chi connectivity index (χ4v) is 2.20. The molecule has 0 aliphatic carbocycles. The number of rotatable bonds is 4. The summed E-state index contributed by atoms with van der Waals surface area (Å²) in [4.78, 5) is 19.6. The summed E-state index contributed by atoms with van der Waals surface area (Å²) in [6.45, 7) is 0. The molecule has 4 nitrogen and oxygen atoms in total. The van der Waals surface area contributed by atoms with Crippen molar-refractivity contribution in [2.75, 3.05) is 5.32 Å². The average molecular weight is 307 g/mol. The molecule has 0 bridgehead atoms. The number of aromatic nitrogens is 2. The first kappa shape index (κ1) is 14.8. The Kier molecular flexibility index (Phi) is 4.38. The van der Waals surface area contributed by atoms with E-state index >= 15 is 0 Å². The summed E-state index contributed by atoms with van der Waals surface area (Å²) in [5, 5.41) is 2.67. The monoisotopic (exact) mass is 307 g/mol. The summed E-state index contributed by atoms with van der Waals surface area (Å²) in [6, 6.07) is 12.7. The molecule has 0 radical (unpaired) electrons. The molecule has 1 aromatic carbocycles. The molecule has 0 fully saturated rings. The van der Waals surface area contributed by atoms with Crippen molar-refractivity contribution in [2.45, 2.75) is 6.42 Å². The van der Waals surface area contributed by atoms with Crippen LogP contribution in [-0.2, 0) is 6.42 Å². The zero-order valence-electron chi connectivity index (χ0n) is 12.2. The van der Waals surface area contributed by atoms with Crippen LogP contribution in [0.5, 0.6) is 0 Å². The van der Waals surface area contributed by atoms with E-state index in [9.17, 15) is 9.18 Å². The lowest BCUT2D eigenvalue weighted by molar-refractivity contribution is 0.102. The van der Waals surface area contributed by atoms with Gasteiger partial charge in [0.05, 0.1) is 11.8 Å². The number of amides is 1. The molecule has 1 amide bonds. The molecule has 2 heterocycles. The van der Waals surface area contributed by atoms with Crippen LogP contribution in [0.4, 0.5) is 10.1 Å². The zero-order valence-corrected chi connectivity index (χ0v) is 12.2. The molecule has 0 unspecified atom stereocenters. The molecule has 3 rings (SSSR count). The Hall–Kier alpha value is -3.08. The van der Waals surface area contributed by atoms with Crippen molar-refractivity contribution < 1.29 is 9.18 Å². The number of benzene rings is 1. The standard InChI is InChI=1S/C18H14FN3O/c19-17-12-21-10-7-16(17)18(23)22-15-3-1-13(2-4-15)11-14-5-8-20-9-6-14/h1-10,12H,11H2,(H,22,23). The van der Waals surface area contributed by atoms with Crippen LogP contribution in [0.15, 0.2) is 67.3 Å². The predicted molar refractivity (Wildman–Crippen MR) is 85.6 cm³/mol. The third-order valence-corrected chi connectivity index (χ3v) is 3.39. The van der Waals surface area contributed by atoms with Gasteiger partial charge < -0.3 is 5.32 Å². The minimum atomic E-state index is -0.640. The van der Waals surface area contributed by atoms with E-state index < -0.39 is 11.7 Å². The van der Waals surface area contributed by atoms with Gasteiger partial charge in [-0.05, 0) is 47.9 Å². The summed E-state index contributed by atoms with van der Waals surface area (Å²) < 4.78 is 13.5. The Morgan fingerprint density at radius 2 is 1.57 bits per heavy atom. The maximum Gasteiger partial charge on any atom is 0.258 e. The molecule has 23 heavy (non-hydrogen) atoms. The Bertz CT molecular complexity index is 804. The molecule has 0 saturated carbocycles. The van der Waals surface area contributed by atoms with Crippen LogP contribution in [0.2, 0.25) is 0 Å². The van der Waals surface area contributed by atoms with Crippen molar-refractivity contribution in [1.29, 1.82) is 0 Å². The molecule has 0 saturated heterocycles. The van der Waals surface area contributed by atoms with Crippen molar-refractivity contribution in [3.8, 4) is 0 Å². The highest BCUT2D eigenvalue weighted by Crippen LogP contribution is 2.15. The second-order valence-corrected chi connectivity index (χ2v) is 5.04. The number of nitrogens with zero attached hydrogens (tertiary/aromatic N) is 2. The molecule has 3 aromatic rings. The van der Waals surface area contributed by atoms with Crippen LogP contribution in [0.3, 0.4) is 0 Å². The van der Waals surface area contributed by atoms with Crippen molar-refractivity contribution in [1.82, 2.24) is 9.97 Å². The highest BCUT2D eigenvalue weighted by atomic mass is 19.1. The second-order valence-electron chi connectivity index (χ2n) is 5.04. The smallest absolute Gasteiger partial charge is 0.258 e. The average Bonchev–Trinajstić information content (AvgIpc) is 2.58. The SMILES string of the molecule is O=C(Nc1ccc(Cc2ccncc2)cc1)c1ccncc1F. The van der Waals surface area contributed by atoms with Gasteiger partial charge in [0.2, 0.25) is 0 Å². The lowest BCUT2D eigenvalue weighted by Gasteiger charge is -2.07. The maximum atomic E-state index is 13.5. The predicted octanol–water partition coefficient (Wildman–Crippen LogP) is 3.46. The van der Waals surface area contributed by atoms with Crippen molar-refractivity contribution in [3.63, 3.8) is 0 Å². The number of hydrogen-bond acceptors (Lipinski definition) is 3. The Morgan fingerprint density at radius 1 is 0.913 bits per heavy atom. The van der Waals surface area contributed by atoms with E-state index in [-0.39, 0.29) is 5.56 Å². The van der Waals surface area contributed by atoms with Crippen molar-refractivity contribution in [3.05, 3.63) is 89.8 Å². The number of carbonyl (C=O) groups excluding carboxylic acids is 1. The minimum Gasteiger partial charge on any atom is -0.322 e. The third kappa shape index (κ3) is 3.77. The Morgan fingerprint density at radius 3 is 2.26 bits per heavy atom. The summed E-state index contributed by atoms with van der Waals surface area (Å²) in [6.07, 6.45) is 6.71. The quantitative estimate of drug-likeness (QED) is 0.803. The maximum absolute atomic E-state index is 13.5. The Labute approximate surface area is 133 Å². The first-order chi connectivity index (χ1) is 11.2. The van der Waals surface area contributed by atoms with Crippen LogP contribution < -0.4 is 5.32 Å². The highest BCUT2D eigenvalue weighted by molar-refractivity contribution is 6.04. The van der Waals surface area contributed by atoms with Crippen molar-refractivity contribution in [2.24, 2.45) is 0 Å². The van der Waals surface area contributed by atoms with Gasteiger partial charge in [-0.3, -0.25) is 14.8 Å². The molecule has 0 aliphatic heterocycles. The molecule has 2 aromatic heterocycles. The van der Waals surface area contributed by atoms with Gasteiger partial charge in [0.25, 0.3) is 5.91 Å². The number of pyridine rings is 2. The molecular formula is C18H14FN3O. The van der Waals surface area contributed by atoms with Gasteiger partial charge in [0.15, 0.2) is 5.82 Å². The lowest BCUT2D eigenvalue weighted by Crippen LogP contribution is -2.13. The van der Waals surface area contributed by atoms with E-state index in [4.69, 9.17) is 0 Å². The van der Waals surface area contributed by atoms with Crippen LogP contribution in [0, 0.1) is 5.82 Å². The molecular weight excluding hydrogens is 293 g/mol. The molecule has 0 atom stereocenters. The summed E-state index contributed by atoms with van der Waals surface area (Å²) in [7, 11) is 0. The number of hydrogen-bond donors (Lipinski definition) is 1. The van der Waals surface area contributed by atoms with Crippen molar-refractivity contribution >= 4 is 11.6 Å². The zero-order chi connectivity index (χ0) is 16.1. The van der Waals surface area contributed by atoms with E-state index in [1.54, 1.807) is 24.5 Å². The van der Waals surface area contributed by atoms with Crippen LogP contribution in [0.25, 0.3) is 0 Å². The third-order valence-electron chi connectivity index (χ3n) is 3.39.